The topological polar surface area (TPSA) is 96.9 Å². The molecule has 0 aliphatic carbocycles. The maximum Gasteiger partial charge on any atom is 0.255 e. The summed E-state index contributed by atoms with van der Waals surface area (Å²) in [5.41, 5.74) is 3.24. The fraction of sp³-hybridized carbons (Fsp3) is 0.368. The second-order valence-corrected chi connectivity index (χ2v) is 7.38. The van der Waals surface area contributed by atoms with Gasteiger partial charge in [-0.25, -0.2) is 23.1 Å². The summed E-state index contributed by atoms with van der Waals surface area (Å²) < 4.78 is 62.7. The molecule has 8 nitrogen and oxygen atoms in total. The number of carbonyl (C=O) groups excluding carboxylic acids is 1. The van der Waals surface area contributed by atoms with Crippen LogP contribution in [0.4, 0.5) is 23.5 Å². The van der Waals surface area contributed by atoms with E-state index < -0.39 is 46.2 Å². The normalized spacial score (nSPS) is 23.1. The number of amides is 1. The minimum Gasteiger partial charge on any atom is -0.479 e. The van der Waals surface area contributed by atoms with Crippen molar-refractivity contribution >= 4 is 17.8 Å². The lowest BCUT2D eigenvalue weighted by molar-refractivity contribution is -0.132. The Bertz CT molecular complexity index is 1130. The predicted octanol–water partition coefficient (Wildman–Crippen LogP) is 1.47. The van der Waals surface area contributed by atoms with Gasteiger partial charge in [-0.1, -0.05) is 0 Å². The smallest absolute Gasteiger partial charge is 0.255 e. The van der Waals surface area contributed by atoms with Gasteiger partial charge < -0.3 is 15.4 Å². The molecule has 1 fully saturated rings. The lowest BCUT2D eigenvalue weighted by atomic mass is 9.78. The summed E-state index contributed by atoms with van der Waals surface area (Å²) in [5.74, 6) is -6.94. The molecule has 0 saturated carbocycles. The number of rotatable bonds is 3. The summed E-state index contributed by atoms with van der Waals surface area (Å²) in [6, 6.07) is 1.41. The molecule has 3 heterocycles. The second kappa shape index (κ2) is 7.06. The largest absolute Gasteiger partial charge is 0.479 e. The molecular weight excluding hydrogens is 420 g/mol. The van der Waals surface area contributed by atoms with Crippen LogP contribution in [-0.2, 0) is 10.3 Å². The SMILES string of the molecule is COc1nc(N2C[C@H]3C(=O)N(C)C(N)=N[C@@]3(c3c(F)ccc(F)c3F)C2)nc(C)c1F. The Morgan fingerprint density at radius 3 is 2.52 bits per heavy atom. The fourth-order valence-corrected chi connectivity index (χ4v) is 4.04. The lowest BCUT2D eigenvalue weighted by Gasteiger charge is -2.37. The van der Waals surface area contributed by atoms with E-state index in [1.54, 1.807) is 0 Å². The standard InChI is InChI=1S/C19H18F4N6O2/c1-8-13(22)15(31-3)26-18(25-8)29-6-9-16(30)28(2)17(24)27-19(9,7-29)12-10(20)4-5-11(21)14(12)23/h4-5,9H,6-7H2,1-3H3,(H2,24,27)/t9-,19-/m0/s1. The molecule has 0 bridgehead atoms. The Kier molecular flexibility index (Phi) is 4.74. The summed E-state index contributed by atoms with van der Waals surface area (Å²) in [7, 11) is 2.59. The van der Waals surface area contributed by atoms with Gasteiger partial charge in [0.2, 0.25) is 17.7 Å². The molecule has 1 saturated heterocycles. The number of ether oxygens (including phenoxy) is 1. The van der Waals surface area contributed by atoms with Gasteiger partial charge in [-0.2, -0.15) is 9.37 Å². The van der Waals surface area contributed by atoms with Crippen molar-refractivity contribution in [2.45, 2.75) is 12.5 Å². The van der Waals surface area contributed by atoms with E-state index in [9.17, 15) is 22.4 Å². The van der Waals surface area contributed by atoms with Gasteiger partial charge in [-0.15, -0.1) is 0 Å². The van der Waals surface area contributed by atoms with Crippen LogP contribution in [0.5, 0.6) is 5.88 Å². The molecule has 4 rings (SSSR count). The Labute approximate surface area is 174 Å². The zero-order chi connectivity index (χ0) is 22.7. The van der Waals surface area contributed by atoms with E-state index in [1.165, 1.54) is 26.0 Å². The zero-order valence-corrected chi connectivity index (χ0v) is 16.8. The summed E-state index contributed by atoms with van der Waals surface area (Å²) in [5, 5.41) is 0. The molecule has 12 heteroatoms. The summed E-state index contributed by atoms with van der Waals surface area (Å²) in [6.45, 7) is 0.968. The van der Waals surface area contributed by atoms with E-state index in [0.717, 1.165) is 11.0 Å². The number of hydrogen-bond donors (Lipinski definition) is 1. The van der Waals surface area contributed by atoms with Crippen LogP contribution in [0.2, 0.25) is 0 Å². The van der Waals surface area contributed by atoms with Crippen molar-refractivity contribution in [1.82, 2.24) is 14.9 Å². The summed E-state index contributed by atoms with van der Waals surface area (Å²) in [4.78, 5) is 27.8. The molecule has 2 N–H and O–H groups in total. The number of methoxy groups -OCH3 is 1. The molecule has 1 amide bonds. The molecule has 0 unspecified atom stereocenters. The van der Waals surface area contributed by atoms with Crippen LogP contribution in [0.1, 0.15) is 11.3 Å². The van der Waals surface area contributed by atoms with Gasteiger partial charge in [0, 0.05) is 13.6 Å². The third-order valence-electron chi connectivity index (χ3n) is 5.63. The van der Waals surface area contributed by atoms with E-state index in [2.05, 4.69) is 15.0 Å². The van der Waals surface area contributed by atoms with E-state index in [1.807, 2.05) is 0 Å². The number of aromatic nitrogens is 2. The number of aliphatic imine (C=N–C) groups is 1. The van der Waals surface area contributed by atoms with Gasteiger partial charge in [0.25, 0.3) is 5.88 Å². The van der Waals surface area contributed by atoms with Gasteiger partial charge in [-0.05, 0) is 19.1 Å². The van der Waals surface area contributed by atoms with Gasteiger partial charge in [0.1, 0.15) is 11.4 Å². The van der Waals surface area contributed by atoms with Crippen LogP contribution in [-0.4, -0.2) is 54.0 Å². The summed E-state index contributed by atoms with van der Waals surface area (Å²) in [6.07, 6.45) is 0. The van der Waals surface area contributed by atoms with Crippen molar-refractivity contribution < 1.29 is 27.1 Å². The number of anilines is 1. The van der Waals surface area contributed by atoms with Crippen molar-refractivity contribution in [3.05, 3.63) is 46.7 Å². The first-order chi connectivity index (χ1) is 14.6. The first-order valence-electron chi connectivity index (χ1n) is 9.20. The maximum atomic E-state index is 14.8. The maximum absolute atomic E-state index is 14.8. The molecule has 2 aliphatic heterocycles. The van der Waals surface area contributed by atoms with Crippen LogP contribution >= 0.6 is 0 Å². The van der Waals surface area contributed by atoms with Crippen molar-refractivity contribution in [1.29, 1.82) is 0 Å². The highest BCUT2D eigenvalue weighted by Crippen LogP contribution is 2.46. The first-order valence-corrected chi connectivity index (χ1v) is 9.20. The number of aryl methyl sites for hydroxylation is 1. The third kappa shape index (κ3) is 2.96. The average molecular weight is 438 g/mol. The number of benzene rings is 1. The van der Waals surface area contributed by atoms with Crippen molar-refractivity contribution in [2.24, 2.45) is 16.6 Å². The Morgan fingerprint density at radius 1 is 1.16 bits per heavy atom. The number of halogens is 4. The van der Waals surface area contributed by atoms with Crippen LogP contribution in [0.15, 0.2) is 17.1 Å². The molecule has 1 aromatic heterocycles. The van der Waals surface area contributed by atoms with Crippen molar-refractivity contribution in [2.75, 3.05) is 32.1 Å². The van der Waals surface area contributed by atoms with Gasteiger partial charge in [0.05, 0.1) is 30.8 Å². The van der Waals surface area contributed by atoms with E-state index in [-0.39, 0.29) is 36.6 Å². The number of nitrogens with zero attached hydrogens (tertiary/aromatic N) is 5. The Morgan fingerprint density at radius 2 is 1.84 bits per heavy atom. The minimum atomic E-state index is -1.87. The monoisotopic (exact) mass is 438 g/mol. The van der Waals surface area contributed by atoms with Gasteiger partial charge in [-0.3, -0.25) is 9.69 Å². The second-order valence-electron chi connectivity index (χ2n) is 7.38. The van der Waals surface area contributed by atoms with Crippen LogP contribution in [0, 0.1) is 36.1 Å². The molecule has 31 heavy (non-hydrogen) atoms. The molecule has 2 aliphatic rings. The quantitative estimate of drug-likeness (QED) is 0.576. The number of carbonyl (C=O) groups is 1. The highest BCUT2D eigenvalue weighted by atomic mass is 19.2. The minimum absolute atomic E-state index is 0.0275. The molecule has 1 aromatic carbocycles. The number of nitrogens with two attached hydrogens (primary N) is 1. The molecule has 0 spiro atoms. The number of hydrogen-bond acceptors (Lipinski definition) is 7. The molecule has 0 radical (unpaired) electrons. The van der Waals surface area contributed by atoms with Crippen LogP contribution in [0.3, 0.4) is 0 Å². The molecule has 2 atom stereocenters. The average Bonchev–Trinajstić information content (AvgIpc) is 3.11. The lowest BCUT2D eigenvalue weighted by Crippen LogP contribution is -2.54. The zero-order valence-electron chi connectivity index (χ0n) is 16.8. The summed E-state index contributed by atoms with van der Waals surface area (Å²) >= 11 is 0. The Hall–Kier alpha value is -3.44. The van der Waals surface area contributed by atoms with Crippen molar-refractivity contribution in [3.63, 3.8) is 0 Å². The fourth-order valence-electron chi connectivity index (χ4n) is 4.04. The van der Waals surface area contributed by atoms with Crippen molar-refractivity contribution in [3.8, 4) is 5.88 Å². The molecule has 164 valence electrons. The van der Waals surface area contributed by atoms with E-state index in [4.69, 9.17) is 10.5 Å². The van der Waals surface area contributed by atoms with Gasteiger partial charge in [0.15, 0.2) is 17.6 Å². The highest BCUT2D eigenvalue weighted by Gasteiger charge is 2.58. The molecule has 2 aromatic rings. The Balaban J connectivity index is 1.92. The van der Waals surface area contributed by atoms with E-state index >= 15 is 0 Å². The third-order valence-corrected chi connectivity index (χ3v) is 5.63. The molecular formula is C19H18F4N6O2. The number of guanidine groups is 1. The first kappa shape index (κ1) is 20.8. The number of fused-ring (bicyclic) bond motifs is 1. The predicted molar refractivity (Wildman–Crippen MR) is 101 cm³/mol. The van der Waals surface area contributed by atoms with E-state index in [0.29, 0.717) is 6.07 Å². The van der Waals surface area contributed by atoms with Crippen LogP contribution < -0.4 is 15.4 Å². The highest BCUT2D eigenvalue weighted by molar-refractivity contribution is 6.01. The van der Waals surface area contributed by atoms with Gasteiger partial charge >= 0.3 is 0 Å². The van der Waals surface area contributed by atoms with Crippen LogP contribution in [0.25, 0.3) is 0 Å².